The molecule has 0 aliphatic carbocycles. The van der Waals surface area contributed by atoms with Gasteiger partial charge in [-0.2, -0.15) is 18.2 Å². The van der Waals surface area contributed by atoms with Gasteiger partial charge in [-0.15, -0.1) is 0 Å². The van der Waals surface area contributed by atoms with E-state index >= 15 is 0 Å². The lowest BCUT2D eigenvalue weighted by Gasteiger charge is -2.10. The zero-order chi connectivity index (χ0) is 15.5. The molecule has 1 aromatic heterocycles. The van der Waals surface area contributed by atoms with Crippen LogP contribution in [-0.2, 0) is 12.6 Å². The summed E-state index contributed by atoms with van der Waals surface area (Å²) in [4.78, 5) is 13.7. The second kappa shape index (κ2) is 5.77. The summed E-state index contributed by atoms with van der Waals surface area (Å²) in [5, 5.41) is 17.1. The van der Waals surface area contributed by atoms with E-state index in [0.717, 1.165) is 18.5 Å². The molecule has 1 N–H and O–H groups in total. The van der Waals surface area contributed by atoms with E-state index in [1.807, 2.05) is 0 Å². The maximum absolute atomic E-state index is 12.5. The number of aromatic nitrogens is 2. The molecule has 0 atom stereocenters. The van der Waals surface area contributed by atoms with Crippen molar-refractivity contribution < 1.29 is 22.6 Å². The quantitative estimate of drug-likeness (QED) is 0.674. The van der Waals surface area contributed by atoms with Crippen molar-refractivity contribution in [1.29, 1.82) is 0 Å². The van der Waals surface area contributed by atoms with Gasteiger partial charge >= 0.3 is 6.18 Å². The maximum atomic E-state index is 12.5. The van der Waals surface area contributed by atoms with Gasteiger partial charge in [0.15, 0.2) is 5.82 Å². The Morgan fingerprint density at radius 2 is 2.14 bits per heavy atom. The fourth-order valence-electron chi connectivity index (χ4n) is 1.62. The third-order valence-electron chi connectivity index (χ3n) is 2.59. The molecule has 0 saturated heterocycles. The van der Waals surface area contributed by atoms with Crippen LogP contribution in [0.2, 0.25) is 0 Å². The van der Waals surface area contributed by atoms with E-state index in [1.54, 1.807) is 0 Å². The lowest BCUT2D eigenvalue weighted by atomic mass is 10.1. The van der Waals surface area contributed by atoms with Crippen molar-refractivity contribution in [3.63, 3.8) is 0 Å². The fourth-order valence-corrected chi connectivity index (χ4v) is 1.62. The van der Waals surface area contributed by atoms with Crippen LogP contribution in [0.1, 0.15) is 11.4 Å². The van der Waals surface area contributed by atoms with E-state index in [4.69, 9.17) is 0 Å². The molecular formula is C11H9F3N4O3. The van der Waals surface area contributed by atoms with E-state index in [0.29, 0.717) is 18.3 Å². The van der Waals surface area contributed by atoms with Crippen LogP contribution in [0.5, 0.6) is 0 Å². The zero-order valence-corrected chi connectivity index (χ0v) is 10.4. The van der Waals surface area contributed by atoms with E-state index < -0.39 is 22.4 Å². The lowest BCUT2D eigenvalue weighted by Crippen LogP contribution is -2.10. The Hall–Kier alpha value is -2.65. The van der Waals surface area contributed by atoms with Crippen LogP contribution >= 0.6 is 0 Å². The average molecular weight is 302 g/mol. The van der Waals surface area contributed by atoms with Crippen molar-refractivity contribution in [3.8, 4) is 0 Å². The summed E-state index contributed by atoms with van der Waals surface area (Å²) in [6.45, 7) is 0.214. The smallest absolute Gasteiger partial charge is 0.379 e. The van der Waals surface area contributed by atoms with E-state index in [-0.39, 0.29) is 12.2 Å². The van der Waals surface area contributed by atoms with Gasteiger partial charge in [0, 0.05) is 19.0 Å². The van der Waals surface area contributed by atoms with Gasteiger partial charge in [0.05, 0.1) is 10.5 Å². The van der Waals surface area contributed by atoms with Gasteiger partial charge in [-0.25, -0.2) is 0 Å². The first-order valence-electron chi connectivity index (χ1n) is 5.72. The molecule has 0 aliphatic rings. The number of hydrogen-bond donors (Lipinski definition) is 1. The van der Waals surface area contributed by atoms with Crippen molar-refractivity contribution in [2.24, 2.45) is 0 Å². The number of nitro benzene ring substituents is 1. The third kappa shape index (κ3) is 3.68. The highest BCUT2D eigenvalue weighted by molar-refractivity contribution is 5.62. The number of alkyl halides is 3. The van der Waals surface area contributed by atoms with Gasteiger partial charge in [-0.05, 0) is 12.1 Å². The molecule has 1 aromatic carbocycles. The number of nitro groups is 1. The molecular weight excluding hydrogens is 293 g/mol. The van der Waals surface area contributed by atoms with E-state index in [9.17, 15) is 23.3 Å². The highest BCUT2D eigenvalue weighted by atomic mass is 19.4. The Morgan fingerprint density at radius 1 is 1.38 bits per heavy atom. The predicted molar refractivity (Wildman–Crippen MR) is 64.6 cm³/mol. The molecule has 2 rings (SSSR count). The fraction of sp³-hybridized carbons (Fsp3) is 0.273. The minimum atomic E-state index is -4.63. The summed E-state index contributed by atoms with van der Waals surface area (Å²) in [6, 6.07) is 2.30. The Balaban J connectivity index is 2.13. The van der Waals surface area contributed by atoms with Crippen molar-refractivity contribution in [3.05, 3.63) is 46.1 Å². The number of rotatable bonds is 5. The van der Waals surface area contributed by atoms with Crippen LogP contribution in [0.15, 0.2) is 29.1 Å². The molecule has 0 saturated carbocycles. The van der Waals surface area contributed by atoms with Gasteiger partial charge in [-0.1, -0.05) is 5.16 Å². The van der Waals surface area contributed by atoms with Crippen molar-refractivity contribution in [2.45, 2.75) is 12.6 Å². The molecule has 0 aliphatic heterocycles. The summed E-state index contributed by atoms with van der Waals surface area (Å²) in [6.07, 6.45) is -3.18. The summed E-state index contributed by atoms with van der Waals surface area (Å²) < 4.78 is 42.1. The molecule has 0 radical (unpaired) electrons. The number of halogens is 3. The maximum Gasteiger partial charge on any atom is 0.416 e. The highest BCUT2D eigenvalue weighted by Gasteiger charge is 2.32. The number of nitrogens with one attached hydrogen (secondary N) is 1. The molecule has 0 amide bonds. The van der Waals surface area contributed by atoms with Crippen molar-refractivity contribution in [2.75, 3.05) is 11.9 Å². The molecule has 112 valence electrons. The molecule has 7 nitrogen and oxygen atoms in total. The van der Waals surface area contributed by atoms with Crippen molar-refractivity contribution in [1.82, 2.24) is 10.1 Å². The van der Waals surface area contributed by atoms with Gasteiger partial charge in [0.25, 0.3) is 5.69 Å². The van der Waals surface area contributed by atoms with E-state index in [1.165, 1.54) is 0 Å². The molecule has 21 heavy (non-hydrogen) atoms. The Kier molecular flexibility index (Phi) is 4.05. The van der Waals surface area contributed by atoms with Gasteiger partial charge in [0.1, 0.15) is 5.69 Å². The zero-order valence-electron chi connectivity index (χ0n) is 10.4. The summed E-state index contributed by atoms with van der Waals surface area (Å²) in [5.74, 6) is 0.386. The number of anilines is 1. The van der Waals surface area contributed by atoms with Crippen molar-refractivity contribution >= 4 is 11.4 Å². The first-order chi connectivity index (χ1) is 9.88. The van der Waals surface area contributed by atoms with Crippen LogP contribution in [0.25, 0.3) is 0 Å². The summed E-state index contributed by atoms with van der Waals surface area (Å²) in [7, 11) is 0. The largest absolute Gasteiger partial charge is 0.416 e. The molecule has 0 spiro atoms. The topological polar surface area (TPSA) is 94.1 Å². The Bertz CT molecular complexity index is 628. The van der Waals surface area contributed by atoms with Crippen LogP contribution in [0.4, 0.5) is 24.5 Å². The molecule has 0 fully saturated rings. The molecule has 2 aromatic rings. The lowest BCUT2D eigenvalue weighted by molar-refractivity contribution is -0.384. The van der Waals surface area contributed by atoms with Crippen LogP contribution in [0.3, 0.4) is 0 Å². The number of benzene rings is 1. The van der Waals surface area contributed by atoms with Crippen LogP contribution in [0, 0.1) is 10.1 Å². The van der Waals surface area contributed by atoms with Crippen LogP contribution < -0.4 is 5.32 Å². The predicted octanol–water partition coefficient (Wildman–Crippen LogP) is 2.65. The van der Waals surface area contributed by atoms with Gasteiger partial charge < -0.3 is 9.84 Å². The van der Waals surface area contributed by atoms with Crippen LogP contribution in [-0.4, -0.2) is 21.6 Å². The SMILES string of the molecule is O=[N+]([O-])c1cc(C(F)(F)F)ccc1NCCc1ncon1. The average Bonchev–Trinajstić information content (AvgIpc) is 2.90. The highest BCUT2D eigenvalue weighted by Crippen LogP contribution is 2.34. The molecule has 1 heterocycles. The summed E-state index contributed by atoms with van der Waals surface area (Å²) in [5.41, 5.74) is -1.72. The first-order valence-corrected chi connectivity index (χ1v) is 5.72. The molecule has 0 unspecified atom stereocenters. The summed E-state index contributed by atoms with van der Waals surface area (Å²) >= 11 is 0. The number of nitrogens with zero attached hydrogens (tertiary/aromatic N) is 3. The van der Waals surface area contributed by atoms with Gasteiger partial charge in [-0.3, -0.25) is 10.1 Å². The normalized spacial score (nSPS) is 11.4. The Labute approximate surface area is 115 Å². The van der Waals surface area contributed by atoms with E-state index in [2.05, 4.69) is 20.0 Å². The monoisotopic (exact) mass is 302 g/mol. The molecule has 10 heteroatoms. The third-order valence-corrected chi connectivity index (χ3v) is 2.59. The number of hydrogen-bond acceptors (Lipinski definition) is 6. The minimum absolute atomic E-state index is 0.00325. The Morgan fingerprint density at radius 3 is 2.71 bits per heavy atom. The first kappa shape index (κ1) is 14.8. The second-order valence-electron chi connectivity index (χ2n) is 4.01. The second-order valence-corrected chi connectivity index (χ2v) is 4.01. The standard InChI is InChI=1S/C11H9F3N4O3/c12-11(13,14)7-1-2-8(9(5-7)18(19)20)15-4-3-10-16-6-21-17-10/h1-2,5-6,15H,3-4H2. The van der Waals surface area contributed by atoms with Gasteiger partial charge in [0.2, 0.25) is 6.39 Å². The molecule has 0 bridgehead atoms. The minimum Gasteiger partial charge on any atom is -0.379 e.